The highest BCUT2D eigenvalue weighted by Gasteiger charge is 2.07. The number of carbonyl (C=O) groups excluding carboxylic acids is 2. The van der Waals surface area contributed by atoms with Crippen molar-refractivity contribution in [2.24, 2.45) is 0 Å². The van der Waals surface area contributed by atoms with E-state index in [1.165, 1.54) is 18.2 Å². The highest BCUT2D eigenvalue weighted by Crippen LogP contribution is 2.09. The smallest absolute Gasteiger partial charge is 0.315 e. The van der Waals surface area contributed by atoms with Gasteiger partial charge in [-0.2, -0.15) is 5.26 Å². The van der Waals surface area contributed by atoms with Crippen molar-refractivity contribution in [1.29, 1.82) is 5.26 Å². The number of rotatable bonds is 6. The summed E-state index contributed by atoms with van der Waals surface area (Å²) < 4.78 is 13.5. The van der Waals surface area contributed by atoms with Crippen molar-refractivity contribution >= 4 is 11.9 Å². The van der Waals surface area contributed by atoms with Crippen molar-refractivity contribution in [3.63, 3.8) is 0 Å². The van der Waals surface area contributed by atoms with Crippen LogP contribution in [-0.4, -0.2) is 25.0 Å². The van der Waals surface area contributed by atoms with Gasteiger partial charge >= 0.3 is 6.03 Å². The van der Waals surface area contributed by atoms with E-state index in [-0.39, 0.29) is 37.5 Å². The molecule has 0 saturated heterocycles. The van der Waals surface area contributed by atoms with Gasteiger partial charge in [0.2, 0.25) is 5.91 Å². The Balaban J connectivity index is 2.34. The van der Waals surface area contributed by atoms with E-state index in [9.17, 15) is 14.0 Å². The molecule has 0 radical (unpaired) electrons. The molecule has 6 nitrogen and oxygen atoms in total. The number of nitrogens with one attached hydrogen (secondary N) is 3. The lowest BCUT2D eigenvalue weighted by Crippen LogP contribution is -2.37. The number of urea groups is 1. The van der Waals surface area contributed by atoms with Crippen LogP contribution in [0.25, 0.3) is 0 Å². The molecule has 0 aliphatic carbocycles. The lowest BCUT2D eigenvalue weighted by Gasteiger charge is -2.08. The van der Waals surface area contributed by atoms with Gasteiger partial charge in [0.1, 0.15) is 5.82 Å². The fourth-order valence-electron chi connectivity index (χ4n) is 1.55. The number of carbonyl (C=O) groups is 2. The maximum Gasteiger partial charge on any atom is 0.315 e. The Labute approximate surface area is 127 Å². The van der Waals surface area contributed by atoms with Gasteiger partial charge in [0.25, 0.3) is 0 Å². The third-order valence-electron chi connectivity index (χ3n) is 2.64. The van der Waals surface area contributed by atoms with Gasteiger partial charge in [0.05, 0.1) is 18.2 Å². The molecular weight excluding hydrogens is 287 g/mol. The molecule has 0 saturated carbocycles. The van der Waals surface area contributed by atoms with E-state index in [4.69, 9.17) is 11.7 Å². The van der Waals surface area contributed by atoms with Crippen LogP contribution in [0.5, 0.6) is 0 Å². The highest BCUT2D eigenvalue weighted by atomic mass is 19.1. The van der Waals surface area contributed by atoms with E-state index < -0.39 is 11.8 Å². The molecule has 0 aromatic heterocycles. The molecule has 114 valence electrons. The van der Waals surface area contributed by atoms with Crippen LogP contribution < -0.4 is 16.0 Å². The molecule has 1 rings (SSSR count). The van der Waals surface area contributed by atoms with Crippen molar-refractivity contribution in [2.75, 3.05) is 13.1 Å². The Morgan fingerprint density at radius 1 is 1.27 bits per heavy atom. The van der Waals surface area contributed by atoms with E-state index in [0.717, 1.165) is 0 Å². The molecule has 0 spiro atoms. The van der Waals surface area contributed by atoms with Gasteiger partial charge in [0.15, 0.2) is 0 Å². The predicted octanol–water partition coefficient (Wildman–Crippen LogP) is 0.636. The number of benzene rings is 1. The minimum Gasteiger partial charge on any atom is -0.345 e. The zero-order valence-electron chi connectivity index (χ0n) is 11.8. The zero-order chi connectivity index (χ0) is 16.4. The number of nitriles is 1. The van der Waals surface area contributed by atoms with Gasteiger partial charge in [-0.1, -0.05) is 5.92 Å². The maximum absolute atomic E-state index is 13.5. The quantitative estimate of drug-likeness (QED) is 0.673. The summed E-state index contributed by atoms with van der Waals surface area (Å²) in [6.45, 7) is 0.207. The van der Waals surface area contributed by atoms with Crippen LogP contribution in [0.15, 0.2) is 18.2 Å². The van der Waals surface area contributed by atoms with Crippen LogP contribution in [0, 0.1) is 29.5 Å². The molecule has 0 bridgehead atoms. The first-order chi connectivity index (χ1) is 10.6. The van der Waals surface area contributed by atoms with Crippen molar-refractivity contribution in [3.05, 3.63) is 35.1 Å². The van der Waals surface area contributed by atoms with Gasteiger partial charge in [-0.05, 0) is 18.2 Å². The maximum atomic E-state index is 13.5. The molecule has 0 atom stereocenters. The summed E-state index contributed by atoms with van der Waals surface area (Å²) in [6.07, 6.45) is 5.08. The molecule has 3 amide bonds. The number of hydrogen-bond acceptors (Lipinski definition) is 3. The predicted molar refractivity (Wildman–Crippen MR) is 77.8 cm³/mol. The van der Waals surface area contributed by atoms with Gasteiger partial charge in [-0.3, -0.25) is 4.79 Å². The number of hydrogen-bond donors (Lipinski definition) is 3. The summed E-state index contributed by atoms with van der Waals surface area (Å²) in [7, 11) is 0. The second kappa shape index (κ2) is 8.98. The molecule has 0 fully saturated rings. The Morgan fingerprint density at radius 2 is 2.05 bits per heavy atom. The summed E-state index contributed by atoms with van der Waals surface area (Å²) in [4.78, 5) is 22.7. The van der Waals surface area contributed by atoms with Crippen molar-refractivity contribution < 1.29 is 14.0 Å². The average Bonchev–Trinajstić information content (AvgIpc) is 2.52. The average molecular weight is 302 g/mol. The van der Waals surface area contributed by atoms with Gasteiger partial charge in [0, 0.05) is 25.1 Å². The fraction of sp³-hybridized carbons (Fsp3) is 0.267. The second-order valence-corrected chi connectivity index (χ2v) is 4.26. The Bertz CT molecular complexity index is 631. The first-order valence-electron chi connectivity index (χ1n) is 6.47. The first kappa shape index (κ1) is 17.0. The Morgan fingerprint density at radius 3 is 2.73 bits per heavy atom. The first-order valence-corrected chi connectivity index (χ1v) is 6.47. The van der Waals surface area contributed by atoms with Crippen LogP contribution in [0.1, 0.15) is 17.5 Å². The molecule has 22 heavy (non-hydrogen) atoms. The molecule has 0 heterocycles. The van der Waals surface area contributed by atoms with Gasteiger partial charge in [-0.15, -0.1) is 6.42 Å². The lowest BCUT2D eigenvalue weighted by atomic mass is 10.1. The standard InChI is InChI=1S/C15H15FN4O2/c1-2-6-18-14(21)5-7-19-15(22)20-10-12-8-11(9-17)3-4-13(12)16/h1,3-4,8H,5-7,10H2,(H,18,21)(H2,19,20,22). The SMILES string of the molecule is C#CCNC(=O)CCNC(=O)NCc1cc(C#N)ccc1F. The summed E-state index contributed by atoms with van der Waals surface area (Å²) in [5.74, 6) is 1.48. The minimum absolute atomic E-state index is 0.0591. The third kappa shape index (κ3) is 5.93. The van der Waals surface area contributed by atoms with E-state index in [1.807, 2.05) is 6.07 Å². The molecule has 1 aromatic rings. The highest BCUT2D eigenvalue weighted by molar-refractivity contribution is 5.78. The molecule has 1 aromatic carbocycles. The van der Waals surface area contributed by atoms with Crippen LogP contribution >= 0.6 is 0 Å². The van der Waals surface area contributed by atoms with Crippen molar-refractivity contribution in [2.45, 2.75) is 13.0 Å². The number of amides is 3. The lowest BCUT2D eigenvalue weighted by molar-refractivity contribution is -0.120. The van der Waals surface area contributed by atoms with E-state index in [2.05, 4.69) is 21.9 Å². The summed E-state index contributed by atoms with van der Waals surface area (Å²) >= 11 is 0. The molecule has 3 N–H and O–H groups in total. The van der Waals surface area contributed by atoms with Crippen molar-refractivity contribution in [1.82, 2.24) is 16.0 Å². The molecule has 0 aliphatic heterocycles. The summed E-state index contributed by atoms with van der Waals surface area (Å²) in [5.41, 5.74) is 0.518. The second-order valence-electron chi connectivity index (χ2n) is 4.26. The topological polar surface area (TPSA) is 94.0 Å². The van der Waals surface area contributed by atoms with E-state index >= 15 is 0 Å². The van der Waals surface area contributed by atoms with E-state index in [1.54, 1.807) is 0 Å². The monoisotopic (exact) mass is 302 g/mol. The van der Waals surface area contributed by atoms with Crippen LogP contribution in [0.3, 0.4) is 0 Å². The zero-order valence-corrected chi connectivity index (χ0v) is 11.8. The van der Waals surface area contributed by atoms with Crippen LogP contribution in [0.2, 0.25) is 0 Å². The number of nitrogens with zero attached hydrogens (tertiary/aromatic N) is 1. The van der Waals surface area contributed by atoms with E-state index in [0.29, 0.717) is 5.56 Å². The normalized spacial score (nSPS) is 9.23. The Hall–Kier alpha value is -3.06. The summed E-state index contributed by atoms with van der Waals surface area (Å²) in [6, 6.07) is 5.25. The molecular formula is C15H15FN4O2. The minimum atomic E-state index is -0.536. The fourth-order valence-corrected chi connectivity index (χ4v) is 1.55. The summed E-state index contributed by atoms with van der Waals surface area (Å²) in [5, 5.41) is 16.1. The van der Waals surface area contributed by atoms with Crippen molar-refractivity contribution in [3.8, 4) is 18.4 Å². The third-order valence-corrected chi connectivity index (χ3v) is 2.64. The van der Waals surface area contributed by atoms with Gasteiger partial charge < -0.3 is 16.0 Å². The Kier molecular flexibility index (Phi) is 6.94. The number of terminal acetylenes is 1. The largest absolute Gasteiger partial charge is 0.345 e. The van der Waals surface area contributed by atoms with Crippen LogP contribution in [-0.2, 0) is 11.3 Å². The molecule has 0 aliphatic rings. The molecule has 7 heteroatoms. The number of halogens is 1. The van der Waals surface area contributed by atoms with Crippen LogP contribution in [0.4, 0.5) is 9.18 Å². The molecule has 0 unspecified atom stereocenters. The van der Waals surface area contributed by atoms with Gasteiger partial charge in [-0.25, -0.2) is 9.18 Å².